The Labute approximate surface area is 145 Å². The Balaban J connectivity index is 0.000000412. The molecule has 0 spiro atoms. The van der Waals surface area contributed by atoms with Crippen LogP contribution < -0.4 is 0 Å². The Morgan fingerprint density at radius 3 is 1.65 bits per heavy atom. The third kappa shape index (κ3) is 9.08. The van der Waals surface area contributed by atoms with Crippen LogP contribution in [0.1, 0.15) is 0 Å². The number of carbonyl (C=O) groups excluding carboxylic acids is 1. The van der Waals surface area contributed by atoms with Gasteiger partial charge in [-0.25, -0.2) is 4.79 Å². The molecule has 0 N–H and O–H groups in total. The number of rotatable bonds is 3. The van der Waals surface area contributed by atoms with E-state index in [1.165, 1.54) is 0 Å². The zero-order chi connectivity index (χ0) is 16.6. The molecule has 0 unspecified atom stereocenters. The molecule has 0 fully saturated rings. The first-order valence-corrected chi connectivity index (χ1v) is 6.89. The Kier molecular flexibility index (Phi) is 9.34. The normalized spacial score (nSPS) is 10.1. The van der Waals surface area contributed by atoms with Crippen molar-refractivity contribution < 1.29 is 52.4 Å². The van der Waals surface area contributed by atoms with Gasteiger partial charge in [-0.15, -0.1) is 0 Å². The molecule has 1 radical (unpaired) electrons. The SMILES string of the molecule is O=C(OS(=O)(=O)F)C(F)F.[Ag].c1ccc(-c2ccccn2)nc1. The van der Waals surface area contributed by atoms with E-state index in [0.717, 1.165) is 11.4 Å². The van der Waals surface area contributed by atoms with Crippen LogP contribution in [0, 0.1) is 0 Å². The van der Waals surface area contributed by atoms with E-state index in [4.69, 9.17) is 0 Å². The number of hydrogen-bond donors (Lipinski definition) is 0. The van der Waals surface area contributed by atoms with Crippen LogP contribution in [-0.4, -0.2) is 30.8 Å². The first-order valence-electron chi connectivity index (χ1n) is 5.58. The van der Waals surface area contributed by atoms with Gasteiger partial charge in [0, 0.05) is 34.8 Å². The van der Waals surface area contributed by atoms with Gasteiger partial charge in [0.15, 0.2) is 0 Å². The van der Waals surface area contributed by atoms with E-state index in [2.05, 4.69) is 14.2 Å². The minimum atomic E-state index is -5.60. The fourth-order valence-electron chi connectivity index (χ4n) is 1.16. The number of halogens is 3. The Morgan fingerprint density at radius 1 is 1.00 bits per heavy atom. The van der Waals surface area contributed by atoms with E-state index < -0.39 is 22.9 Å². The number of pyridine rings is 2. The van der Waals surface area contributed by atoms with Gasteiger partial charge in [0.1, 0.15) is 0 Å². The van der Waals surface area contributed by atoms with Crippen molar-refractivity contribution in [3.05, 3.63) is 48.8 Å². The van der Waals surface area contributed by atoms with E-state index in [1.807, 2.05) is 36.4 Å². The number of alkyl halides is 2. The summed E-state index contributed by atoms with van der Waals surface area (Å²) in [5.41, 5.74) is 1.83. The number of aromatic nitrogens is 2. The topological polar surface area (TPSA) is 86.2 Å². The molecular formula is C12H9AgF3N2O4S. The first-order chi connectivity index (χ1) is 10.3. The van der Waals surface area contributed by atoms with E-state index in [9.17, 15) is 25.9 Å². The van der Waals surface area contributed by atoms with Crippen LogP contribution in [0.5, 0.6) is 0 Å². The third-order valence-corrected chi connectivity index (χ3v) is 2.32. The molecule has 0 saturated carbocycles. The molecule has 0 aliphatic heterocycles. The summed E-state index contributed by atoms with van der Waals surface area (Å²) in [6.07, 6.45) is -0.112. The number of carbonyl (C=O) groups is 1. The maximum atomic E-state index is 11.2. The zero-order valence-electron chi connectivity index (χ0n) is 11.1. The second kappa shape index (κ2) is 10.1. The molecule has 0 aromatic carbocycles. The molecule has 0 bridgehead atoms. The maximum absolute atomic E-state index is 11.2. The maximum Gasteiger partial charge on any atom is 0.491 e. The van der Waals surface area contributed by atoms with Crippen LogP contribution in [0.2, 0.25) is 0 Å². The quantitative estimate of drug-likeness (QED) is 0.535. The van der Waals surface area contributed by atoms with Gasteiger partial charge in [-0.3, -0.25) is 9.97 Å². The average molecular weight is 442 g/mol. The molecule has 0 aliphatic carbocycles. The molecule has 2 rings (SSSR count). The standard InChI is InChI=1S/C10H8N2.C2HF3O4S.Ag/c1-3-7-11-9(5-1)10-6-2-4-8-12-10;3-1(4)2(6)9-10(5,7)8;/h1-8H;1H;. The molecule has 0 saturated heterocycles. The molecule has 129 valence electrons. The van der Waals surface area contributed by atoms with Gasteiger partial charge in [-0.1, -0.05) is 16.0 Å². The minimum absolute atomic E-state index is 0. The molecule has 0 atom stereocenters. The molecule has 2 heterocycles. The predicted molar refractivity (Wildman–Crippen MR) is 69.6 cm³/mol. The Morgan fingerprint density at radius 2 is 1.43 bits per heavy atom. The van der Waals surface area contributed by atoms with E-state index >= 15 is 0 Å². The van der Waals surface area contributed by atoms with Gasteiger partial charge in [0.05, 0.1) is 11.4 Å². The molecule has 23 heavy (non-hydrogen) atoms. The summed E-state index contributed by atoms with van der Waals surface area (Å²) < 4.78 is 54.5. The van der Waals surface area contributed by atoms with Crippen molar-refractivity contribution in [2.75, 3.05) is 0 Å². The van der Waals surface area contributed by atoms with Crippen LogP contribution >= 0.6 is 0 Å². The molecule has 0 aliphatic rings. The van der Waals surface area contributed by atoms with Crippen molar-refractivity contribution in [3.63, 3.8) is 0 Å². The fraction of sp³-hybridized carbons (Fsp3) is 0.0833. The van der Waals surface area contributed by atoms with Gasteiger partial charge in [-0.2, -0.15) is 17.2 Å². The van der Waals surface area contributed by atoms with Crippen LogP contribution in [0.3, 0.4) is 0 Å². The van der Waals surface area contributed by atoms with Crippen molar-refractivity contribution in [1.29, 1.82) is 0 Å². The molecule has 6 nitrogen and oxygen atoms in total. The average Bonchev–Trinajstić information content (AvgIpc) is 2.48. The summed E-state index contributed by atoms with van der Waals surface area (Å²) in [5, 5.41) is 0. The molecule has 2 aromatic heterocycles. The van der Waals surface area contributed by atoms with E-state index in [0.29, 0.717) is 0 Å². The summed E-state index contributed by atoms with van der Waals surface area (Å²) in [7, 11) is -5.60. The minimum Gasteiger partial charge on any atom is -0.316 e. The van der Waals surface area contributed by atoms with Crippen molar-refractivity contribution in [1.82, 2.24) is 9.97 Å². The monoisotopic (exact) mass is 441 g/mol. The molecular weight excluding hydrogens is 433 g/mol. The van der Waals surface area contributed by atoms with Crippen LogP contribution in [-0.2, 0) is 41.9 Å². The van der Waals surface area contributed by atoms with Crippen LogP contribution in [0.25, 0.3) is 11.4 Å². The third-order valence-electron chi connectivity index (χ3n) is 1.95. The van der Waals surface area contributed by atoms with Crippen molar-refractivity contribution in [3.8, 4) is 11.4 Å². The first kappa shape index (κ1) is 21.3. The van der Waals surface area contributed by atoms with Gasteiger partial charge in [-0.05, 0) is 24.3 Å². The van der Waals surface area contributed by atoms with E-state index in [-0.39, 0.29) is 22.4 Å². The number of hydrogen-bond acceptors (Lipinski definition) is 6. The summed E-state index contributed by atoms with van der Waals surface area (Å²) in [5.74, 6) is -2.43. The van der Waals surface area contributed by atoms with E-state index in [1.54, 1.807) is 12.4 Å². The van der Waals surface area contributed by atoms with Crippen molar-refractivity contribution in [2.24, 2.45) is 0 Å². The second-order valence-corrected chi connectivity index (χ2v) is 4.48. The van der Waals surface area contributed by atoms with Crippen LogP contribution in [0.15, 0.2) is 48.8 Å². The molecule has 2 aromatic rings. The fourth-order valence-corrected chi connectivity index (χ4v) is 1.43. The van der Waals surface area contributed by atoms with Crippen molar-refractivity contribution in [2.45, 2.75) is 6.43 Å². The Bertz CT molecular complexity index is 665. The van der Waals surface area contributed by atoms with Gasteiger partial charge in [0.25, 0.3) is 0 Å². The van der Waals surface area contributed by atoms with Gasteiger partial charge in [0.2, 0.25) is 0 Å². The largest absolute Gasteiger partial charge is 0.491 e. The second-order valence-electron chi connectivity index (χ2n) is 3.53. The van der Waals surface area contributed by atoms with Crippen molar-refractivity contribution >= 4 is 16.5 Å². The zero-order valence-corrected chi connectivity index (χ0v) is 13.4. The van der Waals surface area contributed by atoms with Gasteiger partial charge < -0.3 is 4.18 Å². The Hall–Kier alpha value is -1.75. The molecule has 0 amide bonds. The molecule has 11 heteroatoms. The van der Waals surface area contributed by atoms with Crippen LogP contribution in [0.4, 0.5) is 12.7 Å². The predicted octanol–water partition coefficient (Wildman–Crippen LogP) is 2.15. The smallest absolute Gasteiger partial charge is 0.316 e. The summed E-state index contributed by atoms with van der Waals surface area (Å²) in [6, 6.07) is 11.6. The summed E-state index contributed by atoms with van der Waals surface area (Å²) in [6.45, 7) is 0. The van der Waals surface area contributed by atoms with Gasteiger partial charge >= 0.3 is 22.9 Å². The summed E-state index contributed by atoms with van der Waals surface area (Å²) >= 11 is 0. The number of nitrogens with zero attached hydrogens (tertiary/aromatic N) is 2. The summed E-state index contributed by atoms with van der Waals surface area (Å²) in [4.78, 5) is 17.9.